The normalized spacial score (nSPS) is 29.9. The Morgan fingerprint density at radius 3 is 2.62 bits per heavy atom. The Labute approximate surface area is 97.8 Å². The number of carboxylic acids is 1. The minimum Gasteiger partial charge on any atom is -0.481 e. The Kier molecular flexibility index (Phi) is 3.85. The van der Waals surface area contributed by atoms with E-state index in [-0.39, 0.29) is 5.92 Å². The van der Waals surface area contributed by atoms with Gasteiger partial charge in [-0.15, -0.1) is 0 Å². The number of carbonyl (C=O) groups is 1. The summed E-state index contributed by atoms with van der Waals surface area (Å²) in [5.41, 5.74) is 0. The van der Waals surface area contributed by atoms with E-state index in [1.54, 1.807) is 0 Å². The first-order chi connectivity index (χ1) is 7.72. The highest BCUT2D eigenvalue weighted by Gasteiger charge is 2.38. The average molecular weight is 225 g/mol. The molecule has 0 bridgehead atoms. The number of rotatable bonds is 6. The summed E-state index contributed by atoms with van der Waals surface area (Å²) < 4.78 is 0. The number of nitrogens with zero attached hydrogens (tertiary/aromatic N) is 1. The molecule has 0 amide bonds. The summed E-state index contributed by atoms with van der Waals surface area (Å²) in [5, 5.41) is 9.22. The zero-order chi connectivity index (χ0) is 11.5. The molecule has 0 spiro atoms. The lowest BCUT2D eigenvalue weighted by atomic mass is 10.0. The Bertz CT molecular complexity index is 250. The van der Waals surface area contributed by atoms with Crippen molar-refractivity contribution in [2.24, 2.45) is 11.8 Å². The van der Waals surface area contributed by atoms with Crippen LogP contribution >= 0.6 is 0 Å². The van der Waals surface area contributed by atoms with Gasteiger partial charge in [0.1, 0.15) is 0 Å². The third-order valence-electron chi connectivity index (χ3n) is 3.97. The molecule has 0 heterocycles. The fraction of sp³-hybridized carbons (Fsp3) is 0.923. The Balaban J connectivity index is 1.96. The van der Waals surface area contributed by atoms with E-state index in [0.717, 1.165) is 44.7 Å². The molecular formula is C13H23NO2. The second-order valence-corrected chi connectivity index (χ2v) is 5.38. The Hall–Kier alpha value is -0.570. The lowest BCUT2D eigenvalue weighted by Crippen LogP contribution is -2.42. The predicted octanol–water partition coefficient (Wildman–Crippen LogP) is 2.36. The van der Waals surface area contributed by atoms with E-state index in [0.29, 0.717) is 6.04 Å². The smallest absolute Gasteiger partial charge is 0.308 e. The van der Waals surface area contributed by atoms with Gasteiger partial charge in [-0.1, -0.05) is 13.3 Å². The van der Waals surface area contributed by atoms with E-state index in [2.05, 4.69) is 11.8 Å². The summed E-state index contributed by atoms with van der Waals surface area (Å²) >= 11 is 0. The first kappa shape index (κ1) is 11.9. The largest absolute Gasteiger partial charge is 0.481 e. The highest BCUT2D eigenvalue weighted by Crippen LogP contribution is 2.35. The number of hydrogen-bond donors (Lipinski definition) is 1. The van der Waals surface area contributed by atoms with Gasteiger partial charge in [-0.3, -0.25) is 9.69 Å². The Morgan fingerprint density at radius 2 is 2.06 bits per heavy atom. The highest BCUT2D eigenvalue weighted by atomic mass is 16.4. The average Bonchev–Trinajstić information content (AvgIpc) is 2.92. The van der Waals surface area contributed by atoms with Crippen LogP contribution in [-0.4, -0.2) is 35.1 Å². The Morgan fingerprint density at radius 1 is 1.31 bits per heavy atom. The molecule has 2 saturated carbocycles. The molecule has 3 heteroatoms. The molecule has 0 saturated heterocycles. The van der Waals surface area contributed by atoms with E-state index in [1.807, 2.05) is 0 Å². The van der Waals surface area contributed by atoms with Crippen molar-refractivity contribution in [2.75, 3.05) is 13.1 Å². The molecule has 2 unspecified atom stereocenters. The minimum atomic E-state index is -0.584. The summed E-state index contributed by atoms with van der Waals surface area (Å²) in [6, 6.07) is 0.318. The zero-order valence-corrected chi connectivity index (χ0v) is 10.2. The van der Waals surface area contributed by atoms with Crippen LogP contribution in [0.5, 0.6) is 0 Å². The molecule has 1 N–H and O–H groups in total. The van der Waals surface area contributed by atoms with Crippen molar-refractivity contribution < 1.29 is 9.90 Å². The van der Waals surface area contributed by atoms with Crippen LogP contribution < -0.4 is 0 Å². The molecular weight excluding hydrogens is 202 g/mol. The van der Waals surface area contributed by atoms with Crippen molar-refractivity contribution in [1.29, 1.82) is 0 Å². The van der Waals surface area contributed by atoms with Crippen LogP contribution in [0.3, 0.4) is 0 Å². The molecule has 3 nitrogen and oxygen atoms in total. The van der Waals surface area contributed by atoms with E-state index in [4.69, 9.17) is 0 Å². The monoisotopic (exact) mass is 225 g/mol. The van der Waals surface area contributed by atoms with Crippen molar-refractivity contribution in [3.8, 4) is 0 Å². The first-order valence-electron chi connectivity index (χ1n) is 6.69. The fourth-order valence-electron chi connectivity index (χ4n) is 2.98. The molecule has 92 valence electrons. The summed E-state index contributed by atoms with van der Waals surface area (Å²) in [6.07, 6.45) is 6.89. The van der Waals surface area contributed by atoms with Gasteiger partial charge in [0.25, 0.3) is 0 Å². The number of aliphatic carboxylic acids is 1. The lowest BCUT2D eigenvalue weighted by molar-refractivity contribution is -0.143. The highest BCUT2D eigenvalue weighted by molar-refractivity contribution is 5.71. The molecule has 16 heavy (non-hydrogen) atoms. The van der Waals surface area contributed by atoms with E-state index in [9.17, 15) is 9.90 Å². The standard InChI is InChI=1S/C13H23NO2/c1-2-8-14(9-10-6-7-10)12-5-3-4-11(12)13(15)16/h10-12H,2-9H2,1H3,(H,15,16). The minimum absolute atomic E-state index is 0.106. The molecule has 2 atom stereocenters. The second kappa shape index (κ2) is 5.17. The molecule has 0 aromatic rings. The van der Waals surface area contributed by atoms with Gasteiger partial charge in [-0.2, -0.15) is 0 Å². The van der Waals surface area contributed by atoms with Crippen molar-refractivity contribution in [1.82, 2.24) is 4.90 Å². The van der Waals surface area contributed by atoms with Gasteiger partial charge >= 0.3 is 5.97 Å². The van der Waals surface area contributed by atoms with Crippen LogP contribution in [0.4, 0.5) is 0 Å². The van der Waals surface area contributed by atoms with Gasteiger partial charge in [-0.25, -0.2) is 0 Å². The molecule has 0 aromatic carbocycles. The molecule has 0 aromatic heterocycles. The number of carboxylic acid groups (broad SMARTS) is 1. The van der Waals surface area contributed by atoms with Crippen molar-refractivity contribution in [3.05, 3.63) is 0 Å². The quantitative estimate of drug-likeness (QED) is 0.754. The van der Waals surface area contributed by atoms with Gasteiger partial charge in [0.2, 0.25) is 0 Å². The van der Waals surface area contributed by atoms with Crippen LogP contribution in [0.25, 0.3) is 0 Å². The van der Waals surface area contributed by atoms with Gasteiger partial charge in [0.15, 0.2) is 0 Å². The fourth-order valence-corrected chi connectivity index (χ4v) is 2.98. The summed E-state index contributed by atoms with van der Waals surface area (Å²) in [5.74, 6) is 0.172. The lowest BCUT2D eigenvalue weighted by Gasteiger charge is -2.31. The number of hydrogen-bond acceptors (Lipinski definition) is 2. The van der Waals surface area contributed by atoms with Crippen LogP contribution in [0.2, 0.25) is 0 Å². The third-order valence-corrected chi connectivity index (χ3v) is 3.97. The van der Waals surface area contributed by atoms with E-state index in [1.165, 1.54) is 12.8 Å². The molecule has 2 rings (SSSR count). The van der Waals surface area contributed by atoms with E-state index < -0.39 is 5.97 Å². The predicted molar refractivity (Wildman–Crippen MR) is 63.4 cm³/mol. The maximum Gasteiger partial charge on any atom is 0.308 e. The van der Waals surface area contributed by atoms with Gasteiger partial charge in [0.05, 0.1) is 5.92 Å². The van der Waals surface area contributed by atoms with Crippen molar-refractivity contribution >= 4 is 5.97 Å². The van der Waals surface area contributed by atoms with Crippen LogP contribution in [0.15, 0.2) is 0 Å². The molecule has 0 aliphatic heterocycles. The maximum atomic E-state index is 11.2. The van der Waals surface area contributed by atoms with Gasteiger partial charge < -0.3 is 5.11 Å². The third kappa shape index (κ3) is 2.76. The van der Waals surface area contributed by atoms with Crippen molar-refractivity contribution in [3.63, 3.8) is 0 Å². The topological polar surface area (TPSA) is 40.5 Å². The second-order valence-electron chi connectivity index (χ2n) is 5.38. The molecule has 2 aliphatic rings. The van der Waals surface area contributed by atoms with Crippen molar-refractivity contribution in [2.45, 2.75) is 51.5 Å². The molecule has 2 aliphatic carbocycles. The van der Waals surface area contributed by atoms with Crippen LogP contribution in [0.1, 0.15) is 45.4 Å². The summed E-state index contributed by atoms with van der Waals surface area (Å²) in [4.78, 5) is 13.7. The maximum absolute atomic E-state index is 11.2. The van der Waals surface area contributed by atoms with Gasteiger partial charge in [-0.05, 0) is 44.6 Å². The van der Waals surface area contributed by atoms with Crippen LogP contribution in [0, 0.1) is 11.8 Å². The molecule has 2 fully saturated rings. The van der Waals surface area contributed by atoms with Crippen LogP contribution in [-0.2, 0) is 4.79 Å². The summed E-state index contributed by atoms with van der Waals surface area (Å²) in [6.45, 7) is 4.40. The van der Waals surface area contributed by atoms with Gasteiger partial charge in [0, 0.05) is 12.6 Å². The SMILES string of the molecule is CCCN(CC1CC1)C1CCCC1C(=O)O. The first-order valence-corrected chi connectivity index (χ1v) is 6.69. The molecule has 0 radical (unpaired) electrons. The van der Waals surface area contributed by atoms with E-state index >= 15 is 0 Å². The zero-order valence-electron chi connectivity index (χ0n) is 10.2. The summed E-state index contributed by atoms with van der Waals surface area (Å²) in [7, 11) is 0.